The van der Waals surface area contributed by atoms with Gasteiger partial charge in [-0.3, -0.25) is 4.79 Å². The van der Waals surface area contributed by atoms with Gasteiger partial charge < -0.3 is 15.4 Å². The second kappa shape index (κ2) is 6.16. The molecule has 2 N–H and O–H groups in total. The highest BCUT2D eigenvalue weighted by Gasteiger charge is 2.49. The smallest absolute Gasteiger partial charge is 0.227 e. The molecule has 1 saturated carbocycles. The van der Waals surface area contributed by atoms with Gasteiger partial charge in [-0.2, -0.15) is 0 Å². The van der Waals surface area contributed by atoms with Crippen molar-refractivity contribution in [1.29, 1.82) is 0 Å². The first-order valence-corrected chi connectivity index (χ1v) is 9.00. The Bertz CT molecular complexity index is 588. The molecule has 124 valence electrons. The summed E-state index contributed by atoms with van der Waals surface area (Å²) in [7, 11) is 0. The van der Waals surface area contributed by atoms with E-state index < -0.39 is 0 Å². The van der Waals surface area contributed by atoms with E-state index in [1.54, 1.807) is 0 Å². The summed E-state index contributed by atoms with van der Waals surface area (Å²) in [5, 5.41) is 6.75. The Morgan fingerprint density at radius 2 is 2.22 bits per heavy atom. The fourth-order valence-corrected chi connectivity index (χ4v) is 4.71. The average molecular weight is 314 g/mol. The van der Waals surface area contributed by atoms with Gasteiger partial charge in [0.2, 0.25) is 5.91 Å². The predicted molar refractivity (Wildman–Crippen MR) is 89.6 cm³/mol. The van der Waals surface area contributed by atoms with Crippen LogP contribution in [0, 0.1) is 11.3 Å². The van der Waals surface area contributed by atoms with E-state index in [0.717, 1.165) is 44.8 Å². The lowest BCUT2D eigenvalue weighted by molar-refractivity contribution is -0.134. The van der Waals surface area contributed by atoms with E-state index in [9.17, 15) is 4.79 Å². The van der Waals surface area contributed by atoms with E-state index in [1.165, 1.54) is 24.8 Å². The van der Waals surface area contributed by atoms with Crippen LogP contribution < -0.4 is 15.4 Å². The molecule has 4 heteroatoms. The summed E-state index contributed by atoms with van der Waals surface area (Å²) in [5.74, 6) is 2.15. The molecule has 4 rings (SSSR count). The second-order valence-corrected chi connectivity index (χ2v) is 7.31. The third kappa shape index (κ3) is 2.63. The van der Waals surface area contributed by atoms with Crippen LogP contribution in [0.5, 0.6) is 5.75 Å². The van der Waals surface area contributed by atoms with Gasteiger partial charge in [0, 0.05) is 19.0 Å². The van der Waals surface area contributed by atoms with Crippen molar-refractivity contribution in [2.75, 3.05) is 26.2 Å². The first kappa shape index (κ1) is 15.0. The molecule has 2 fully saturated rings. The van der Waals surface area contributed by atoms with Gasteiger partial charge in [0.25, 0.3) is 0 Å². The summed E-state index contributed by atoms with van der Waals surface area (Å²) in [6.45, 7) is 3.34. The van der Waals surface area contributed by atoms with Crippen molar-refractivity contribution in [3.8, 4) is 5.75 Å². The lowest BCUT2D eigenvalue weighted by Crippen LogP contribution is -2.48. The van der Waals surface area contributed by atoms with Gasteiger partial charge in [-0.25, -0.2) is 0 Å². The zero-order chi connectivity index (χ0) is 15.7. The van der Waals surface area contributed by atoms with Crippen LogP contribution in [0.3, 0.4) is 0 Å². The number of benzene rings is 1. The minimum absolute atomic E-state index is 0.150. The topological polar surface area (TPSA) is 50.4 Å². The minimum Gasteiger partial charge on any atom is -0.493 e. The number of fused-ring (bicyclic) bond motifs is 2. The monoisotopic (exact) mass is 314 g/mol. The van der Waals surface area contributed by atoms with Crippen molar-refractivity contribution in [1.82, 2.24) is 10.6 Å². The molecule has 3 atom stereocenters. The van der Waals surface area contributed by atoms with Gasteiger partial charge in [-0.15, -0.1) is 0 Å². The number of carbonyl (C=O) groups is 1. The molecule has 1 aromatic rings. The van der Waals surface area contributed by atoms with Gasteiger partial charge >= 0.3 is 0 Å². The van der Waals surface area contributed by atoms with Gasteiger partial charge in [0.15, 0.2) is 0 Å². The first-order chi connectivity index (χ1) is 11.3. The third-order valence-corrected chi connectivity index (χ3v) is 6.08. The molecule has 3 aliphatic rings. The Morgan fingerprint density at radius 1 is 1.30 bits per heavy atom. The number of ether oxygens (including phenoxy) is 1. The quantitative estimate of drug-likeness (QED) is 0.901. The Hall–Kier alpha value is -1.55. The highest BCUT2D eigenvalue weighted by molar-refractivity contribution is 5.84. The number of carbonyl (C=O) groups excluding carboxylic acids is 1. The third-order valence-electron chi connectivity index (χ3n) is 6.08. The molecule has 0 radical (unpaired) electrons. The zero-order valence-electron chi connectivity index (χ0n) is 13.6. The SMILES string of the molecule is O=C(NCC1CCOc2ccccc21)[C@@]12CCCC[C@H]1CNC2. The molecule has 1 aromatic carbocycles. The normalized spacial score (nSPS) is 32.5. The molecule has 1 unspecified atom stereocenters. The maximum absolute atomic E-state index is 13.0. The summed E-state index contributed by atoms with van der Waals surface area (Å²) in [5.41, 5.74) is 1.09. The maximum Gasteiger partial charge on any atom is 0.227 e. The molecule has 23 heavy (non-hydrogen) atoms. The van der Waals surface area contributed by atoms with Gasteiger partial charge in [0.05, 0.1) is 12.0 Å². The summed E-state index contributed by atoms with van der Waals surface area (Å²) in [4.78, 5) is 13.0. The van der Waals surface area contributed by atoms with Crippen LogP contribution in [0.15, 0.2) is 24.3 Å². The maximum atomic E-state index is 13.0. The number of para-hydroxylation sites is 1. The molecular weight excluding hydrogens is 288 g/mol. The Morgan fingerprint density at radius 3 is 3.17 bits per heavy atom. The van der Waals surface area contributed by atoms with Crippen molar-refractivity contribution < 1.29 is 9.53 Å². The summed E-state index contributed by atoms with van der Waals surface area (Å²) in [6, 6.07) is 8.22. The van der Waals surface area contributed by atoms with Gasteiger partial charge in [-0.1, -0.05) is 31.0 Å². The second-order valence-electron chi connectivity index (χ2n) is 7.31. The van der Waals surface area contributed by atoms with Crippen LogP contribution in [0.25, 0.3) is 0 Å². The zero-order valence-corrected chi connectivity index (χ0v) is 13.6. The lowest BCUT2D eigenvalue weighted by Gasteiger charge is -2.37. The molecule has 1 aliphatic carbocycles. The molecule has 2 heterocycles. The minimum atomic E-state index is -0.150. The van der Waals surface area contributed by atoms with E-state index in [2.05, 4.69) is 22.8 Å². The molecule has 4 nitrogen and oxygen atoms in total. The molecule has 0 bridgehead atoms. The molecule has 0 spiro atoms. The van der Waals surface area contributed by atoms with Crippen LogP contribution in [0.4, 0.5) is 0 Å². The number of rotatable bonds is 3. The Kier molecular flexibility index (Phi) is 4.02. The highest BCUT2D eigenvalue weighted by atomic mass is 16.5. The standard InChI is InChI=1S/C19H26N2O2/c22-18(19-9-4-3-5-15(19)12-20-13-19)21-11-14-8-10-23-17-7-2-1-6-16(14)17/h1-2,6-7,14-15,20H,3-5,8-13H2,(H,21,22)/t14?,15-,19+/m0/s1. The predicted octanol–water partition coefficient (Wildman–Crippen LogP) is 2.45. The van der Waals surface area contributed by atoms with Crippen molar-refractivity contribution in [2.24, 2.45) is 11.3 Å². The van der Waals surface area contributed by atoms with E-state index in [4.69, 9.17) is 4.74 Å². The van der Waals surface area contributed by atoms with Crippen LogP contribution in [0.1, 0.15) is 43.6 Å². The van der Waals surface area contributed by atoms with Crippen LogP contribution in [0.2, 0.25) is 0 Å². The largest absolute Gasteiger partial charge is 0.493 e. The fraction of sp³-hybridized carbons (Fsp3) is 0.632. The van der Waals surface area contributed by atoms with E-state index in [1.807, 2.05) is 12.1 Å². The molecule has 1 amide bonds. The van der Waals surface area contributed by atoms with Crippen molar-refractivity contribution in [3.05, 3.63) is 29.8 Å². The Balaban J connectivity index is 1.44. The fourth-order valence-electron chi connectivity index (χ4n) is 4.71. The van der Waals surface area contributed by atoms with Crippen LogP contribution in [-0.4, -0.2) is 32.1 Å². The average Bonchev–Trinajstić information content (AvgIpc) is 3.05. The van der Waals surface area contributed by atoms with Crippen LogP contribution >= 0.6 is 0 Å². The van der Waals surface area contributed by atoms with Crippen LogP contribution in [-0.2, 0) is 4.79 Å². The van der Waals surface area contributed by atoms with E-state index in [-0.39, 0.29) is 11.3 Å². The highest BCUT2D eigenvalue weighted by Crippen LogP contribution is 2.44. The summed E-state index contributed by atoms with van der Waals surface area (Å²) < 4.78 is 5.72. The number of amides is 1. The Labute approximate surface area is 138 Å². The van der Waals surface area contributed by atoms with Gasteiger partial charge in [-0.05, 0) is 43.4 Å². The number of hydrogen-bond acceptors (Lipinski definition) is 3. The van der Waals surface area contributed by atoms with E-state index >= 15 is 0 Å². The molecule has 1 saturated heterocycles. The molecule has 2 aliphatic heterocycles. The van der Waals surface area contributed by atoms with Gasteiger partial charge in [0.1, 0.15) is 5.75 Å². The first-order valence-electron chi connectivity index (χ1n) is 9.00. The summed E-state index contributed by atoms with van der Waals surface area (Å²) >= 11 is 0. The lowest BCUT2D eigenvalue weighted by atomic mass is 9.67. The van der Waals surface area contributed by atoms with E-state index in [0.29, 0.717) is 11.8 Å². The number of hydrogen-bond donors (Lipinski definition) is 2. The molecule has 0 aromatic heterocycles. The van der Waals surface area contributed by atoms with Crippen molar-refractivity contribution >= 4 is 5.91 Å². The summed E-state index contributed by atoms with van der Waals surface area (Å²) in [6.07, 6.45) is 5.67. The van der Waals surface area contributed by atoms with Crippen molar-refractivity contribution in [3.63, 3.8) is 0 Å². The number of nitrogens with one attached hydrogen (secondary N) is 2. The van der Waals surface area contributed by atoms with Crippen molar-refractivity contribution in [2.45, 2.75) is 38.0 Å². The molecular formula is C19H26N2O2.